The summed E-state index contributed by atoms with van der Waals surface area (Å²) in [5.74, 6) is 0.731. The fourth-order valence-electron chi connectivity index (χ4n) is 2.23. The molecular weight excluding hydrogens is 238 g/mol. The molecule has 1 N–H and O–H groups in total. The van der Waals surface area contributed by atoms with E-state index in [9.17, 15) is 0 Å². The summed E-state index contributed by atoms with van der Waals surface area (Å²) < 4.78 is 2.15. The predicted octanol–water partition coefficient (Wildman–Crippen LogP) is 2.13. The molecule has 0 amide bonds. The van der Waals surface area contributed by atoms with E-state index < -0.39 is 0 Å². The summed E-state index contributed by atoms with van der Waals surface area (Å²) in [6.45, 7) is 4.06. The van der Waals surface area contributed by atoms with Crippen LogP contribution < -0.4 is 5.32 Å². The first-order valence-electron chi connectivity index (χ1n) is 6.80. The Morgan fingerprint density at radius 3 is 2.68 bits per heavy atom. The van der Waals surface area contributed by atoms with Crippen LogP contribution in [-0.4, -0.2) is 26.1 Å². The van der Waals surface area contributed by atoms with E-state index in [4.69, 9.17) is 0 Å². The minimum atomic E-state index is 0.355. The molecule has 1 aliphatic rings. The zero-order valence-electron chi connectivity index (χ0n) is 11.2. The van der Waals surface area contributed by atoms with Crippen LogP contribution in [0.15, 0.2) is 31.1 Å². The minimum absolute atomic E-state index is 0.355. The molecule has 0 aliphatic heterocycles. The van der Waals surface area contributed by atoms with Crippen LogP contribution >= 0.6 is 0 Å². The number of rotatable bonds is 6. The van der Waals surface area contributed by atoms with Crippen LogP contribution in [0.1, 0.15) is 25.3 Å². The van der Waals surface area contributed by atoms with E-state index in [0.717, 1.165) is 25.5 Å². The Morgan fingerprint density at radius 2 is 2.11 bits per heavy atom. The van der Waals surface area contributed by atoms with Crippen LogP contribution in [0.25, 0.3) is 0 Å². The lowest BCUT2D eigenvalue weighted by Crippen LogP contribution is -2.21. The number of nitrogens with zero attached hydrogens (tertiary/aromatic N) is 4. The highest BCUT2D eigenvalue weighted by Gasteiger charge is 2.42. The van der Waals surface area contributed by atoms with E-state index in [1.54, 1.807) is 0 Å². The Hall–Kier alpha value is -1.91. The molecular formula is C14H19N5. The Labute approximate surface area is 113 Å². The van der Waals surface area contributed by atoms with Crippen LogP contribution in [0.3, 0.4) is 0 Å². The Bertz CT molecular complexity index is 513. The normalized spacial score (nSPS) is 16.3. The molecule has 100 valence electrons. The summed E-state index contributed by atoms with van der Waals surface area (Å²) in [6.07, 6.45) is 13.0. The van der Waals surface area contributed by atoms with Crippen LogP contribution in [0.4, 0.5) is 5.95 Å². The van der Waals surface area contributed by atoms with Crippen molar-refractivity contribution in [3.8, 4) is 0 Å². The minimum Gasteiger partial charge on any atom is -0.354 e. The van der Waals surface area contributed by atoms with Gasteiger partial charge in [0.05, 0.1) is 6.33 Å². The highest BCUT2D eigenvalue weighted by molar-refractivity contribution is 5.26. The topological polar surface area (TPSA) is 55.6 Å². The van der Waals surface area contributed by atoms with Gasteiger partial charge in [-0.2, -0.15) is 0 Å². The molecule has 19 heavy (non-hydrogen) atoms. The molecule has 1 aliphatic carbocycles. The van der Waals surface area contributed by atoms with Gasteiger partial charge in [0.25, 0.3) is 0 Å². The van der Waals surface area contributed by atoms with Gasteiger partial charge in [0.1, 0.15) is 0 Å². The monoisotopic (exact) mass is 257 g/mol. The van der Waals surface area contributed by atoms with Crippen molar-refractivity contribution in [3.63, 3.8) is 0 Å². The van der Waals surface area contributed by atoms with Crippen molar-refractivity contribution in [2.24, 2.45) is 5.41 Å². The molecule has 5 heteroatoms. The number of hydrogen-bond acceptors (Lipinski definition) is 4. The third kappa shape index (κ3) is 2.92. The average molecular weight is 257 g/mol. The van der Waals surface area contributed by atoms with Gasteiger partial charge in [-0.15, -0.1) is 0 Å². The lowest BCUT2D eigenvalue weighted by atomic mass is 10.1. The summed E-state index contributed by atoms with van der Waals surface area (Å²) in [6, 6.07) is 0. The van der Waals surface area contributed by atoms with E-state index in [-0.39, 0.29) is 0 Å². The van der Waals surface area contributed by atoms with E-state index >= 15 is 0 Å². The molecule has 2 aromatic heterocycles. The van der Waals surface area contributed by atoms with Gasteiger partial charge < -0.3 is 9.88 Å². The smallest absolute Gasteiger partial charge is 0.222 e. The highest BCUT2D eigenvalue weighted by atomic mass is 15.1. The second kappa shape index (κ2) is 4.99. The maximum Gasteiger partial charge on any atom is 0.222 e. The van der Waals surface area contributed by atoms with Gasteiger partial charge in [-0.25, -0.2) is 15.0 Å². The van der Waals surface area contributed by atoms with Crippen LogP contribution in [0, 0.1) is 5.41 Å². The van der Waals surface area contributed by atoms with Crippen LogP contribution in [0.5, 0.6) is 0 Å². The van der Waals surface area contributed by atoms with Crippen molar-refractivity contribution < 1.29 is 0 Å². The number of hydrogen-bond donors (Lipinski definition) is 1. The molecule has 0 spiro atoms. The van der Waals surface area contributed by atoms with Gasteiger partial charge in [0, 0.05) is 43.3 Å². The second-order valence-corrected chi connectivity index (χ2v) is 5.36. The third-order valence-electron chi connectivity index (χ3n) is 3.77. The second-order valence-electron chi connectivity index (χ2n) is 5.36. The molecule has 1 saturated carbocycles. The quantitative estimate of drug-likeness (QED) is 0.861. The van der Waals surface area contributed by atoms with Gasteiger partial charge in [-0.1, -0.05) is 6.92 Å². The maximum atomic E-state index is 4.34. The SMILES string of the molecule is CCc1cnc(NCC2(Cn3ccnc3)CC2)nc1. The molecule has 0 unspecified atom stereocenters. The van der Waals surface area contributed by atoms with Gasteiger partial charge in [0.2, 0.25) is 5.95 Å². The molecule has 5 nitrogen and oxygen atoms in total. The van der Waals surface area contributed by atoms with Crippen molar-refractivity contribution in [2.75, 3.05) is 11.9 Å². The fourth-order valence-corrected chi connectivity index (χ4v) is 2.23. The third-order valence-corrected chi connectivity index (χ3v) is 3.77. The zero-order valence-corrected chi connectivity index (χ0v) is 11.2. The first-order valence-corrected chi connectivity index (χ1v) is 6.80. The van der Waals surface area contributed by atoms with Crippen molar-refractivity contribution in [3.05, 3.63) is 36.7 Å². The van der Waals surface area contributed by atoms with Gasteiger partial charge in [-0.05, 0) is 24.8 Å². The maximum absolute atomic E-state index is 4.34. The predicted molar refractivity (Wildman–Crippen MR) is 73.8 cm³/mol. The summed E-state index contributed by atoms with van der Waals surface area (Å²) in [5, 5.41) is 3.36. The molecule has 0 aromatic carbocycles. The molecule has 0 radical (unpaired) electrons. The number of aromatic nitrogens is 4. The number of nitrogens with one attached hydrogen (secondary N) is 1. The Morgan fingerprint density at radius 1 is 1.32 bits per heavy atom. The van der Waals surface area contributed by atoms with Crippen LogP contribution in [0.2, 0.25) is 0 Å². The molecule has 2 heterocycles. The molecule has 3 rings (SSSR count). The van der Waals surface area contributed by atoms with Crippen molar-refractivity contribution >= 4 is 5.95 Å². The average Bonchev–Trinajstić information content (AvgIpc) is 3.02. The van der Waals surface area contributed by atoms with E-state index in [1.807, 2.05) is 31.1 Å². The Balaban J connectivity index is 1.56. The first kappa shape index (κ1) is 12.1. The number of imidazole rings is 1. The summed E-state index contributed by atoms with van der Waals surface area (Å²) in [7, 11) is 0. The summed E-state index contributed by atoms with van der Waals surface area (Å²) in [5.41, 5.74) is 1.53. The molecule has 2 aromatic rings. The lowest BCUT2D eigenvalue weighted by Gasteiger charge is -2.16. The van der Waals surface area contributed by atoms with E-state index in [0.29, 0.717) is 5.41 Å². The molecule has 0 atom stereocenters. The Kier molecular flexibility index (Phi) is 3.19. The van der Waals surface area contributed by atoms with Gasteiger partial charge in [0.15, 0.2) is 0 Å². The van der Waals surface area contributed by atoms with E-state index in [2.05, 4.69) is 31.8 Å². The van der Waals surface area contributed by atoms with E-state index in [1.165, 1.54) is 18.4 Å². The standard InChI is InChI=1S/C14H19N5/c1-2-12-7-16-13(17-8-12)18-9-14(3-4-14)10-19-6-5-15-11-19/h5-8,11H,2-4,9-10H2,1H3,(H,16,17,18). The van der Waals surface area contributed by atoms with Gasteiger partial charge >= 0.3 is 0 Å². The fraction of sp³-hybridized carbons (Fsp3) is 0.500. The molecule has 1 fully saturated rings. The summed E-state index contributed by atoms with van der Waals surface area (Å²) in [4.78, 5) is 12.8. The van der Waals surface area contributed by atoms with Gasteiger partial charge in [-0.3, -0.25) is 0 Å². The zero-order chi connectivity index (χ0) is 13.1. The molecule has 0 bridgehead atoms. The van der Waals surface area contributed by atoms with Crippen molar-refractivity contribution in [1.29, 1.82) is 0 Å². The number of anilines is 1. The number of aryl methyl sites for hydroxylation is 1. The highest BCUT2D eigenvalue weighted by Crippen LogP contribution is 2.46. The largest absolute Gasteiger partial charge is 0.354 e. The van der Waals surface area contributed by atoms with Crippen molar-refractivity contribution in [2.45, 2.75) is 32.7 Å². The van der Waals surface area contributed by atoms with Crippen molar-refractivity contribution in [1.82, 2.24) is 19.5 Å². The van der Waals surface area contributed by atoms with Crippen LogP contribution in [-0.2, 0) is 13.0 Å². The molecule has 0 saturated heterocycles. The lowest BCUT2D eigenvalue weighted by molar-refractivity contribution is 0.443. The summed E-state index contributed by atoms with van der Waals surface area (Å²) >= 11 is 0. The first-order chi connectivity index (χ1) is 9.30.